The van der Waals surface area contributed by atoms with E-state index in [2.05, 4.69) is 0 Å². The first kappa shape index (κ1) is 11.3. The Morgan fingerprint density at radius 2 is 2.25 bits per heavy atom. The summed E-state index contributed by atoms with van der Waals surface area (Å²) < 4.78 is 19.5. The average molecular weight is 222 g/mol. The molecule has 1 heterocycles. The number of ether oxygens (including phenoxy) is 1. The van der Waals surface area contributed by atoms with Gasteiger partial charge in [0, 0.05) is 18.1 Å². The molecule has 2 nitrogen and oxygen atoms in total. The fourth-order valence-electron chi connectivity index (χ4n) is 2.12. The molecule has 2 unspecified atom stereocenters. The molecular formula is C13H15FO2. The Kier molecular flexibility index (Phi) is 3.67. The second-order valence-corrected chi connectivity index (χ2v) is 4.13. The van der Waals surface area contributed by atoms with Crippen LogP contribution in [0.15, 0.2) is 24.3 Å². The molecule has 0 aliphatic carbocycles. The highest BCUT2D eigenvalue weighted by molar-refractivity contribution is 5.77. The molecule has 2 rings (SSSR count). The summed E-state index contributed by atoms with van der Waals surface area (Å²) in [4.78, 5) is 10.8. The predicted octanol–water partition coefficient (Wildman–Crippen LogP) is 2.94. The summed E-state index contributed by atoms with van der Waals surface area (Å²) in [6.07, 6.45) is 1.34. The number of aldehydes is 1. The molecule has 1 aliphatic rings. The van der Waals surface area contributed by atoms with Gasteiger partial charge in [-0.3, -0.25) is 4.79 Å². The topological polar surface area (TPSA) is 26.3 Å². The van der Waals surface area contributed by atoms with Crippen LogP contribution in [0.3, 0.4) is 0 Å². The summed E-state index contributed by atoms with van der Waals surface area (Å²) in [7, 11) is 0. The van der Waals surface area contributed by atoms with E-state index in [-0.39, 0.29) is 5.92 Å². The molecule has 0 saturated carbocycles. The molecule has 1 saturated heterocycles. The lowest BCUT2D eigenvalue weighted by Crippen LogP contribution is -2.22. The van der Waals surface area contributed by atoms with Crippen LogP contribution in [0.25, 0.3) is 0 Å². The summed E-state index contributed by atoms with van der Waals surface area (Å²) in [5, 5.41) is 0. The zero-order valence-electron chi connectivity index (χ0n) is 9.06. The molecule has 2 atom stereocenters. The van der Waals surface area contributed by atoms with Crippen molar-refractivity contribution in [3.05, 3.63) is 35.4 Å². The number of benzene rings is 1. The van der Waals surface area contributed by atoms with Crippen LogP contribution >= 0.6 is 0 Å². The van der Waals surface area contributed by atoms with Gasteiger partial charge in [-0.1, -0.05) is 24.3 Å². The first-order valence-corrected chi connectivity index (χ1v) is 5.59. The minimum Gasteiger partial charge on any atom is -0.381 e. The molecule has 0 radical (unpaired) electrons. The second-order valence-electron chi connectivity index (χ2n) is 4.13. The van der Waals surface area contributed by atoms with Gasteiger partial charge in [0.2, 0.25) is 0 Å². The quantitative estimate of drug-likeness (QED) is 0.735. The Morgan fingerprint density at radius 1 is 1.44 bits per heavy atom. The predicted molar refractivity (Wildman–Crippen MR) is 59.2 cm³/mol. The van der Waals surface area contributed by atoms with Crippen molar-refractivity contribution in [2.75, 3.05) is 13.2 Å². The highest BCUT2D eigenvalue weighted by Crippen LogP contribution is 2.33. The molecule has 0 amide bonds. The molecular weight excluding hydrogens is 207 g/mol. The molecule has 1 aromatic carbocycles. The molecule has 0 bridgehead atoms. The zero-order chi connectivity index (χ0) is 11.4. The van der Waals surface area contributed by atoms with Crippen molar-refractivity contribution in [2.24, 2.45) is 5.92 Å². The maximum absolute atomic E-state index is 14.2. The van der Waals surface area contributed by atoms with Gasteiger partial charge in [-0.05, 0) is 18.4 Å². The van der Waals surface area contributed by atoms with Gasteiger partial charge in [0.15, 0.2) is 0 Å². The number of alkyl halides is 1. The monoisotopic (exact) mass is 222 g/mol. The van der Waals surface area contributed by atoms with Crippen molar-refractivity contribution in [1.82, 2.24) is 0 Å². The van der Waals surface area contributed by atoms with Gasteiger partial charge in [-0.2, -0.15) is 0 Å². The van der Waals surface area contributed by atoms with Gasteiger partial charge in [-0.25, -0.2) is 4.39 Å². The van der Waals surface area contributed by atoms with Gasteiger partial charge < -0.3 is 4.74 Å². The van der Waals surface area contributed by atoms with Crippen molar-refractivity contribution >= 4 is 6.29 Å². The van der Waals surface area contributed by atoms with Crippen molar-refractivity contribution in [3.8, 4) is 0 Å². The molecule has 1 aromatic rings. The van der Waals surface area contributed by atoms with E-state index in [1.165, 1.54) is 0 Å². The Hall–Kier alpha value is -1.22. The number of hydrogen-bond acceptors (Lipinski definition) is 2. The summed E-state index contributed by atoms with van der Waals surface area (Å²) in [5.74, 6) is -0.116. The lowest BCUT2D eigenvalue weighted by Gasteiger charge is -2.25. The summed E-state index contributed by atoms with van der Waals surface area (Å²) in [6.45, 7) is 1.17. The van der Waals surface area contributed by atoms with Crippen molar-refractivity contribution in [1.29, 1.82) is 0 Å². The smallest absolute Gasteiger partial charge is 0.150 e. The van der Waals surface area contributed by atoms with E-state index < -0.39 is 6.17 Å². The molecule has 16 heavy (non-hydrogen) atoms. The number of carbonyl (C=O) groups excluding carboxylic acids is 1. The van der Waals surface area contributed by atoms with Crippen LogP contribution in [0, 0.1) is 5.92 Å². The Balaban J connectivity index is 2.18. The fraction of sp³-hybridized carbons (Fsp3) is 0.462. The van der Waals surface area contributed by atoms with Gasteiger partial charge >= 0.3 is 0 Å². The first-order valence-electron chi connectivity index (χ1n) is 5.59. The SMILES string of the molecule is O=Cc1ccccc1C(F)C1CCCOC1. The highest BCUT2D eigenvalue weighted by atomic mass is 19.1. The summed E-state index contributed by atoms with van der Waals surface area (Å²) in [5.41, 5.74) is 0.938. The van der Waals surface area contributed by atoms with Crippen LogP contribution in [0.1, 0.15) is 34.9 Å². The molecule has 0 spiro atoms. The Morgan fingerprint density at radius 3 is 2.94 bits per heavy atom. The van der Waals surface area contributed by atoms with Crippen LogP contribution in [-0.2, 0) is 4.74 Å². The van der Waals surface area contributed by atoms with Crippen LogP contribution in [0.5, 0.6) is 0 Å². The van der Waals surface area contributed by atoms with Crippen molar-refractivity contribution in [2.45, 2.75) is 19.0 Å². The maximum Gasteiger partial charge on any atom is 0.150 e. The third-order valence-electron chi connectivity index (χ3n) is 3.03. The van der Waals surface area contributed by atoms with Crippen LogP contribution in [0.4, 0.5) is 4.39 Å². The number of hydrogen-bond donors (Lipinski definition) is 0. The van der Waals surface area contributed by atoms with Gasteiger partial charge in [0.1, 0.15) is 12.5 Å². The summed E-state index contributed by atoms with van der Waals surface area (Å²) >= 11 is 0. The lowest BCUT2D eigenvalue weighted by atomic mass is 9.90. The van der Waals surface area contributed by atoms with Gasteiger partial charge in [-0.15, -0.1) is 0 Å². The standard InChI is InChI=1S/C13H15FO2/c14-13(11-5-3-7-16-9-11)12-6-2-1-4-10(12)8-15/h1-2,4,6,8,11,13H,3,5,7,9H2. The van der Waals surface area contributed by atoms with Crippen LogP contribution < -0.4 is 0 Å². The van der Waals surface area contributed by atoms with Crippen molar-refractivity contribution in [3.63, 3.8) is 0 Å². The molecule has 1 fully saturated rings. The minimum absolute atomic E-state index is 0.116. The molecule has 86 valence electrons. The molecule has 1 aliphatic heterocycles. The van der Waals surface area contributed by atoms with E-state index in [1.54, 1.807) is 24.3 Å². The minimum atomic E-state index is -1.10. The van der Waals surface area contributed by atoms with Gasteiger partial charge in [0.05, 0.1) is 6.61 Å². The largest absolute Gasteiger partial charge is 0.381 e. The normalized spacial score (nSPS) is 22.7. The van der Waals surface area contributed by atoms with Crippen LogP contribution in [-0.4, -0.2) is 19.5 Å². The van der Waals surface area contributed by atoms with E-state index in [1.807, 2.05) is 0 Å². The van der Waals surface area contributed by atoms with E-state index in [0.717, 1.165) is 19.4 Å². The van der Waals surface area contributed by atoms with E-state index >= 15 is 0 Å². The molecule has 0 N–H and O–H groups in total. The molecule has 3 heteroatoms. The van der Waals surface area contributed by atoms with E-state index in [9.17, 15) is 9.18 Å². The third-order valence-corrected chi connectivity index (χ3v) is 3.03. The second kappa shape index (κ2) is 5.21. The highest BCUT2D eigenvalue weighted by Gasteiger charge is 2.26. The van der Waals surface area contributed by atoms with Crippen LogP contribution in [0.2, 0.25) is 0 Å². The van der Waals surface area contributed by atoms with Crippen molar-refractivity contribution < 1.29 is 13.9 Å². The van der Waals surface area contributed by atoms with E-state index in [0.29, 0.717) is 24.0 Å². The average Bonchev–Trinajstić information content (AvgIpc) is 2.39. The molecule has 0 aromatic heterocycles. The Labute approximate surface area is 94.4 Å². The Bertz CT molecular complexity index is 359. The summed E-state index contributed by atoms with van der Waals surface area (Å²) in [6, 6.07) is 6.84. The van der Waals surface area contributed by atoms with Gasteiger partial charge in [0.25, 0.3) is 0 Å². The number of carbonyl (C=O) groups is 1. The third kappa shape index (κ3) is 2.30. The first-order chi connectivity index (χ1) is 7.83. The number of rotatable bonds is 3. The fourth-order valence-corrected chi connectivity index (χ4v) is 2.12. The zero-order valence-corrected chi connectivity index (χ0v) is 9.06. The maximum atomic E-state index is 14.2. The lowest BCUT2D eigenvalue weighted by molar-refractivity contribution is 0.0195. The number of halogens is 1. The van der Waals surface area contributed by atoms with E-state index in [4.69, 9.17) is 4.74 Å².